The first-order valence-corrected chi connectivity index (χ1v) is 12.9. The molecule has 4 nitrogen and oxygen atoms in total. The lowest BCUT2D eigenvalue weighted by atomic mass is 10.1. The average molecular weight is 590 g/mol. The molecule has 1 fully saturated rings. The number of rotatable bonds is 7. The van der Waals surface area contributed by atoms with E-state index in [4.69, 9.17) is 21.7 Å². The lowest BCUT2D eigenvalue weighted by molar-refractivity contribution is -0.122. The Morgan fingerprint density at radius 1 is 1.15 bits per heavy atom. The molecular weight excluding hydrogens is 565 g/mol. The van der Waals surface area contributed by atoms with E-state index >= 15 is 0 Å². The fraction of sp³-hybridized carbons (Fsp3) is 0.231. The number of benzene rings is 3. The summed E-state index contributed by atoms with van der Waals surface area (Å²) in [5, 5.41) is 2.36. The van der Waals surface area contributed by atoms with Gasteiger partial charge in [-0.15, -0.1) is 0 Å². The maximum Gasteiger partial charge on any atom is 0.266 e. The molecule has 3 aromatic carbocycles. The highest BCUT2D eigenvalue weighted by Crippen LogP contribution is 2.38. The van der Waals surface area contributed by atoms with Crippen LogP contribution in [0.15, 0.2) is 59.5 Å². The third-order valence-electron chi connectivity index (χ3n) is 5.22. The van der Waals surface area contributed by atoms with E-state index in [1.807, 2.05) is 36.4 Å². The van der Waals surface area contributed by atoms with Crippen molar-refractivity contribution in [3.8, 4) is 11.5 Å². The minimum atomic E-state index is -0.0380. The van der Waals surface area contributed by atoms with Gasteiger partial charge in [0.2, 0.25) is 0 Å². The molecule has 1 heterocycles. The number of fused-ring (bicyclic) bond motifs is 1. The van der Waals surface area contributed by atoms with Gasteiger partial charge < -0.3 is 9.47 Å². The molecule has 1 aliphatic heterocycles. The Kier molecular flexibility index (Phi) is 7.61. The van der Waals surface area contributed by atoms with Crippen LogP contribution in [0.5, 0.6) is 11.5 Å². The highest BCUT2D eigenvalue weighted by Gasteiger charge is 2.32. The number of hydrogen-bond acceptors (Lipinski definition) is 5. The van der Waals surface area contributed by atoms with Crippen LogP contribution in [0.4, 0.5) is 0 Å². The number of carbonyl (C=O) groups is 1. The molecule has 0 bridgehead atoms. The van der Waals surface area contributed by atoms with E-state index in [0.717, 1.165) is 14.7 Å². The van der Waals surface area contributed by atoms with E-state index in [0.29, 0.717) is 39.8 Å². The summed E-state index contributed by atoms with van der Waals surface area (Å²) < 4.78 is 13.4. The van der Waals surface area contributed by atoms with Crippen LogP contribution in [0, 0.1) is 9.49 Å². The third kappa shape index (κ3) is 5.36. The van der Waals surface area contributed by atoms with Crippen LogP contribution in [0.25, 0.3) is 16.8 Å². The van der Waals surface area contributed by atoms with Gasteiger partial charge in [0.25, 0.3) is 5.91 Å². The summed E-state index contributed by atoms with van der Waals surface area (Å²) in [5.74, 6) is 1.64. The van der Waals surface area contributed by atoms with Crippen molar-refractivity contribution >= 4 is 73.6 Å². The summed E-state index contributed by atoms with van der Waals surface area (Å²) >= 11 is 9.01. The molecule has 1 saturated heterocycles. The summed E-state index contributed by atoms with van der Waals surface area (Å²) in [4.78, 5) is 15.1. The van der Waals surface area contributed by atoms with Crippen LogP contribution in [0.3, 0.4) is 0 Å². The van der Waals surface area contributed by atoms with Crippen molar-refractivity contribution in [1.29, 1.82) is 0 Å². The fourth-order valence-corrected chi connectivity index (χ4v) is 5.76. The van der Waals surface area contributed by atoms with Crippen LogP contribution in [0.2, 0.25) is 0 Å². The lowest BCUT2D eigenvalue weighted by Crippen LogP contribution is -2.31. The van der Waals surface area contributed by atoms with Gasteiger partial charge in [0.05, 0.1) is 15.6 Å². The number of nitrogens with zero attached hydrogens (tertiary/aromatic N) is 1. The first-order valence-electron chi connectivity index (χ1n) is 10.6. The zero-order chi connectivity index (χ0) is 23.5. The number of hydrogen-bond donors (Lipinski definition) is 0. The van der Waals surface area contributed by atoms with Gasteiger partial charge in [-0.05, 0) is 68.6 Å². The van der Waals surface area contributed by atoms with Crippen molar-refractivity contribution in [2.45, 2.75) is 20.5 Å². The Morgan fingerprint density at radius 3 is 2.67 bits per heavy atom. The van der Waals surface area contributed by atoms with Gasteiger partial charge in [-0.25, -0.2) is 0 Å². The third-order valence-corrected chi connectivity index (χ3v) is 7.40. The maximum atomic E-state index is 12.8. The molecule has 0 N–H and O–H groups in total. The van der Waals surface area contributed by atoms with Gasteiger partial charge in [-0.1, -0.05) is 80.3 Å². The number of ether oxygens (including phenoxy) is 2. The van der Waals surface area contributed by atoms with Gasteiger partial charge in [0.1, 0.15) is 10.9 Å². The van der Waals surface area contributed by atoms with Crippen molar-refractivity contribution in [2.75, 3.05) is 13.7 Å². The summed E-state index contributed by atoms with van der Waals surface area (Å²) in [6, 6.07) is 18.4. The van der Waals surface area contributed by atoms with Crippen LogP contribution < -0.4 is 9.47 Å². The minimum Gasteiger partial charge on any atom is -0.493 e. The zero-order valence-electron chi connectivity index (χ0n) is 18.6. The van der Waals surface area contributed by atoms with Gasteiger partial charge in [-0.3, -0.25) is 9.69 Å². The summed E-state index contributed by atoms with van der Waals surface area (Å²) in [6.45, 7) is 5.21. The lowest BCUT2D eigenvalue weighted by Gasteiger charge is -2.16. The molecule has 0 unspecified atom stereocenters. The molecule has 0 aromatic heterocycles. The van der Waals surface area contributed by atoms with E-state index in [2.05, 4.69) is 60.7 Å². The van der Waals surface area contributed by atoms with Crippen molar-refractivity contribution in [3.05, 3.63) is 74.2 Å². The number of halogens is 1. The molecule has 33 heavy (non-hydrogen) atoms. The topological polar surface area (TPSA) is 38.8 Å². The molecule has 0 spiro atoms. The predicted molar refractivity (Wildman–Crippen MR) is 149 cm³/mol. The number of thioether (sulfide) groups is 1. The number of carbonyl (C=O) groups excluding carboxylic acids is 1. The van der Waals surface area contributed by atoms with Crippen LogP contribution in [-0.4, -0.2) is 28.8 Å². The molecule has 0 atom stereocenters. The first-order chi connectivity index (χ1) is 15.9. The number of amides is 1. The number of thiocarbonyl (C=S) groups is 1. The Hall–Kier alpha value is -2.10. The molecule has 0 radical (unpaired) electrons. The molecule has 4 rings (SSSR count). The smallest absolute Gasteiger partial charge is 0.266 e. The summed E-state index contributed by atoms with van der Waals surface area (Å²) in [5.41, 5.74) is 1.99. The van der Waals surface area contributed by atoms with Gasteiger partial charge in [-0.2, -0.15) is 0 Å². The quantitative estimate of drug-likeness (QED) is 0.171. The molecular formula is C26H24INO3S2. The van der Waals surface area contributed by atoms with Gasteiger partial charge >= 0.3 is 0 Å². The average Bonchev–Trinajstić information content (AvgIpc) is 3.05. The van der Waals surface area contributed by atoms with Crippen LogP contribution >= 0.6 is 46.6 Å². The molecule has 1 amide bonds. The molecule has 0 saturated carbocycles. The van der Waals surface area contributed by atoms with Gasteiger partial charge in [0.15, 0.2) is 11.5 Å². The second-order valence-electron chi connectivity index (χ2n) is 8.15. The Labute approximate surface area is 217 Å². The van der Waals surface area contributed by atoms with E-state index in [1.54, 1.807) is 12.0 Å². The summed E-state index contributed by atoms with van der Waals surface area (Å²) in [6.07, 6.45) is 1.87. The Morgan fingerprint density at radius 2 is 1.91 bits per heavy atom. The SMILES string of the molecule is COc1cc(/C=C2\SC(=S)N(CC(C)C)C2=O)cc(I)c1OCc1cccc2ccccc12. The minimum absolute atomic E-state index is 0.0380. The van der Waals surface area contributed by atoms with Crippen molar-refractivity contribution < 1.29 is 14.3 Å². The van der Waals surface area contributed by atoms with Gasteiger partial charge in [0, 0.05) is 6.54 Å². The second-order valence-corrected chi connectivity index (χ2v) is 11.0. The predicted octanol–water partition coefficient (Wildman–Crippen LogP) is 6.89. The Balaban J connectivity index is 1.58. The molecule has 7 heteroatoms. The maximum absolute atomic E-state index is 12.8. The monoisotopic (exact) mass is 589 g/mol. The highest BCUT2D eigenvalue weighted by molar-refractivity contribution is 14.1. The second kappa shape index (κ2) is 10.4. The molecule has 3 aromatic rings. The van der Waals surface area contributed by atoms with Crippen LogP contribution in [0.1, 0.15) is 25.0 Å². The fourth-order valence-electron chi connectivity index (χ4n) is 3.71. The van der Waals surface area contributed by atoms with E-state index in [-0.39, 0.29) is 5.91 Å². The Bertz CT molecular complexity index is 1250. The van der Waals surface area contributed by atoms with E-state index in [9.17, 15) is 4.79 Å². The largest absolute Gasteiger partial charge is 0.493 e. The van der Waals surface area contributed by atoms with Crippen molar-refractivity contribution in [3.63, 3.8) is 0 Å². The number of methoxy groups -OCH3 is 1. The highest BCUT2D eigenvalue weighted by atomic mass is 127. The van der Waals surface area contributed by atoms with Crippen molar-refractivity contribution in [2.24, 2.45) is 5.92 Å². The zero-order valence-corrected chi connectivity index (χ0v) is 22.4. The van der Waals surface area contributed by atoms with E-state index in [1.165, 1.54) is 22.5 Å². The first kappa shape index (κ1) is 24.0. The van der Waals surface area contributed by atoms with Crippen LogP contribution in [-0.2, 0) is 11.4 Å². The summed E-state index contributed by atoms with van der Waals surface area (Å²) in [7, 11) is 1.63. The standard InChI is InChI=1S/C26H24INO3S2/c1-16(2)14-28-25(29)23(33-26(28)32)13-17-11-21(27)24(22(12-17)30-3)31-15-19-9-6-8-18-7-4-5-10-20(18)19/h4-13,16H,14-15H2,1-3H3/b23-13-. The molecule has 1 aliphatic rings. The van der Waals surface area contributed by atoms with E-state index < -0.39 is 0 Å². The normalized spacial score (nSPS) is 15.2. The van der Waals surface area contributed by atoms with Crippen molar-refractivity contribution in [1.82, 2.24) is 4.90 Å². The molecule has 170 valence electrons. The molecule has 0 aliphatic carbocycles.